The molecule has 0 aromatic carbocycles. The first-order valence-corrected chi connectivity index (χ1v) is 4.63. The molecule has 4 nitrogen and oxygen atoms in total. The van der Waals surface area contributed by atoms with E-state index in [0.717, 1.165) is 17.4 Å². The zero-order valence-electron chi connectivity index (χ0n) is 9.88. The van der Waals surface area contributed by atoms with Crippen molar-refractivity contribution in [2.75, 3.05) is 34.3 Å². The average molecular weight is 238 g/mol. The Bertz CT molecular complexity index is 211. The highest BCUT2D eigenvalue weighted by Crippen LogP contribution is 1.96. The molecule has 0 atom stereocenters. The van der Waals surface area contributed by atoms with Gasteiger partial charge in [-0.05, 0) is 6.92 Å². The zero-order valence-corrected chi connectivity index (χ0v) is 10.6. The van der Waals surface area contributed by atoms with Crippen molar-refractivity contribution in [3.05, 3.63) is 12.2 Å². The van der Waals surface area contributed by atoms with Crippen LogP contribution in [0.25, 0.3) is 0 Å². The molecule has 0 rings (SSSR count). The Balaban J connectivity index is 0. The minimum atomic E-state index is -0.504. The predicted molar refractivity (Wildman–Crippen MR) is 54.4 cm³/mol. The van der Waals surface area contributed by atoms with E-state index in [1.54, 1.807) is 6.92 Å². The van der Waals surface area contributed by atoms with Crippen molar-refractivity contribution in [3.63, 3.8) is 0 Å². The minimum absolute atomic E-state index is 0. The summed E-state index contributed by atoms with van der Waals surface area (Å²) in [5, 5.41) is 0. The molecule has 0 amide bonds. The molecule has 0 radical (unpaired) electrons. The Hall–Kier alpha value is -0.580. The van der Waals surface area contributed by atoms with E-state index in [1.165, 1.54) is 0 Å². The van der Waals surface area contributed by atoms with Gasteiger partial charge >= 0.3 is 5.97 Å². The lowest BCUT2D eigenvalue weighted by Gasteiger charge is -2.23. The van der Waals surface area contributed by atoms with E-state index in [4.69, 9.17) is 4.89 Å². The van der Waals surface area contributed by atoms with Crippen molar-refractivity contribution < 1.29 is 31.5 Å². The van der Waals surface area contributed by atoms with Gasteiger partial charge in [0.25, 0.3) is 0 Å². The van der Waals surface area contributed by atoms with Gasteiger partial charge in [0, 0.05) is 12.0 Å². The van der Waals surface area contributed by atoms with Crippen molar-refractivity contribution in [2.45, 2.75) is 13.3 Å². The molecule has 0 aromatic rings. The third-order valence-corrected chi connectivity index (χ3v) is 1.54. The fraction of sp³-hybridized carbons (Fsp3) is 0.700. The summed E-state index contributed by atoms with van der Waals surface area (Å²) in [5.41, 5.74) is 0.344. The van der Waals surface area contributed by atoms with Crippen LogP contribution < -0.4 is 12.4 Å². The molecule has 0 aliphatic heterocycles. The fourth-order valence-electron chi connectivity index (χ4n) is 0.764. The summed E-state index contributed by atoms with van der Waals surface area (Å²) in [6.07, 6.45) is 0.854. The molecule has 0 unspecified atom stereocenters. The summed E-state index contributed by atoms with van der Waals surface area (Å²) >= 11 is 0. The Morgan fingerprint density at radius 1 is 1.33 bits per heavy atom. The minimum Gasteiger partial charge on any atom is -1.00 e. The summed E-state index contributed by atoms with van der Waals surface area (Å²) in [5.74, 6) is -0.504. The Labute approximate surface area is 97.8 Å². The van der Waals surface area contributed by atoms with Gasteiger partial charge in [-0.1, -0.05) is 6.58 Å². The topological polar surface area (TPSA) is 35.5 Å². The Morgan fingerprint density at radius 2 is 1.87 bits per heavy atom. The summed E-state index contributed by atoms with van der Waals surface area (Å²) in [4.78, 5) is 20.1. The third kappa shape index (κ3) is 11.3. The van der Waals surface area contributed by atoms with Crippen LogP contribution in [0.4, 0.5) is 0 Å². The van der Waals surface area contributed by atoms with Gasteiger partial charge in [0.2, 0.25) is 0 Å². The van der Waals surface area contributed by atoms with Crippen LogP contribution in [0.3, 0.4) is 0 Å². The monoisotopic (exact) mass is 237 g/mol. The van der Waals surface area contributed by atoms with Gasteiger partial charge in [0.1, 0.15) is 0 Å². The van der Waals surface area contributed by atoms with Crippen molar-refractivity contribution in [2.24, 2.45) is 0 Å². The molecule has 0 heterocycles. The fourth-order valence-corrected chi connectivity index (χ4v) is 0.764. The predicted octanol–water partition coefficient (Wildman–Crippen LogP) is -1.86. The van der Waals surface area contributed by atoms with Crippen molar-refractivity contribution in [1.82, 2.24) is 0 Å². The van der Waals surface area contributed by atoms with Gasteiger partial charge in [-0.15, -0.1) is 0 Å². The maximum Gasteiger partial charge on any atom is 0.368 e. The SMILES string of the molecule is C=C(C)C(=O)OOCCC[N+](C)(C)C.[Cl-]. The number of hydrogen-bond acceptors (Lipinski definition) is 3. The molecule has 0 aliphatic rings. The van der Waals surface area contributed by atoms with E-state index in [2.05, 4.69) is 32.6 Å². The van der Waals surface area contributed by atoms with Gasteiger partial charge in [-0.2, -0.15) is 4.89 Å². The standard InChI is InChI=1S/C10H20NO3.ClH/c1-9(2)10(12)14-13-8-6-7-11(3,4)5;/h1,6-8H2,2-5H3;1H/q+1;/p-1. The molecular weight excluding hydrogens is 218 g/mol. The second-order valence-corrected chi connectivity index (χ2v) is 4.34. The van der Waals surface area contributed by atoms with Gasteiger partial charge in [0.15, 0.2) is 0 Å². The highest BCUT2D eigenvalue weighted by Gasteiger charge is 2.07. The molecule has 90 valence electrons. The number of nitrogens with zero attached hydrogens (tertiary/aromatic N) is 1. The summed E-state index contributed by atoms with van der Waals surface area (Å²) in [6.45, 7) is 6.42. The molecule has 0 aliphatic carbocycles. The van der Waals surface area contributed by atoms with Crippen LogP contribution >= 0.6 is 0 Å². The molecular formula is C10H20ClNO3. The van der Waals surface area contributed by atoms with Crippen LogP contribution in [0.15, 0.2) is 12.2 Å². The van der Waals surface area contributed by atoms with E-state index in [-0.39, 0.29) is 12.4 Å². The quantitative estimate of drug-likeness (QED) is 0.179. The van der Waals surface area contributed by atoms with E-state index >= 15 is 0 Å². The van der Waals surface area contributed by atoms with Crippen LogP contribution in [-0.4, -0.2) is 44.7 Å². The highest BCUT2D eigenvalue weighted by atomic mass is 35.5. The van der Waals surface area contributed by atoms with Crippen LogP contribution in [0, 0.1) is 0 Å². The van der Waals surface area contributed by atoms with Crippen LogP contribution in [0.2, 0.25) is 0 Å². The number of halogens is 1. The van der Waals surface area contributed by atoms with Crippen molar-refractivity contribution in [1.29, 1.82) is 0 Å². The lowest BCUT2D eigenvalue weighted by atomic mass is 10.4. The van der Waals surface area contributed by atoms with E-state index in [9.17, 15) is 4.79 Å². The molecule has 0 aromatic heterocycles. The smallest absolute Gasteiger partial charge is 0.368 e. The van der Waals surface area contributed by atoms with Crippen LogP contribution in [0.5, 0.6) is 0 Å². The van der Waals surface area contributed by atoms with E-state index < -0.39 is 5.97 Å². The van der Waals surface area contributed by atoms with Crippen molar-refractivity contribution in [3.8, 4) is 0 Å². The first-order valence-electron chi connectivity index (χ1n) is 4.63. The zero-order chi connectivity index (χ0) is 11.2. The number of carbonyl (C=O) groups excluding carboxylic acids is 1. The first kappa shape index (κ1) is 16.8. The van der Waals surface area contributed by atoms with E-state index in [1.807, 2.05) is 0 Å². The maximum atomic E-state index is 10.9. The summed E-state index contributed by atoms with van der Waals surface area (Å²) in [7, 11) is 6.29. The number of quaternary nitrogens is 1. The molecule has 0 bridgehead atoms. The normalized spacial score (nSPS) is 10.4. The Kier molecular flexibility index (Phi) is 8.62. The summed E-state index contributed by atoms with van der Waals surface area (Å²) < 4.78 is 0.873. The van der Waals surface area contributed by atoms with Crippen LogP contribution in [0.1, 0.15) is 13.3 Å². The molecule has 0 saturated heterocycles. The summed E-state index contributed by atoms with van der Waals surface area (Å²) in [6, 6.07) is 0. The number of rotatable bonds is 6. The van der Waals surface area contributed by atoms with Gasteiger partial charge in [-0.3, -0.25) is 4.89 Å². The van der Waals surface area contributed by atoms with Crippen molar-refractivity contribution >= 4 is 5.97 Å². The second kappa shape index (κ2) is 7.68. The largest absolute Gasteiger partial charge is 1.00 e. The number of hydrogen-bond donors (Lipinski definition) is 0. The molecule has 5 heteroatoms. The van der Waals surface area contributed by atoms with Crippen LogP contribution in [-0.2, 0) is 14.6 Å². The molecule has 0 N–H and O–H groups in total. The molecule has 0 spiro atoms. The van der Waals surface area contributed by atoms with Gasteiger partial charge in [-0.25, -0.2) is 4.79 Å². The lowest BCUT2D eigenvalue weighted by Crippen LogP contribution is -3.00. The molecule has 15 heavy (non-hydrogen) atoms. The average Bonchev–Trinajstić information content (AvgIpc) is 2.01. The van der Waals surface area contributed by atoms with Gasteiger partial charge < -0.3 is 16.9 Å². The third-order valence-electron chi connectivity index (χ3n) is 1.54. The lowest BCUT2D eigenvalue weighted by molar-refractivity contribution is -0.870. The first-order chi connectivity index (χ1) is 6.33. The maximum absolute atomic E-state index is 10.9. The van der Waals surface area contributed by atoms with E-state index in [0.29, 0.717) is 12.2 Å². The van der Waals surface area contributed by atoms with Gasteiger partial charge in [0.05, 0.1) is 34.3 Å². The second-order valence-electron chi connectivity index (χ2n) is 4.34. The molecule has 0 saturated carbocycles. The highest BCUT2D eigenvalue weighted by molar-refractivity contribution is 5.86. The molecule has 0 fully saturated rings. The Morgan fingerprint density at radius 3 is 2.27 bits per heavy atom. The number of carbonyl (C=O) groups is 1.